The average molecular weight is 934 g/mol. The number of nitrogens with zero attached hydrogens (tertiary/aromatic N) is 3. The third-order valence-electron chi connectivity index (χ3n) is 10.6. The zero-order chi connectivity index (χ0) is 47.6. The first kappa shape index (κ1) is 54.0. The summed E-state index contributed by atoms with van der Waals surface area (Å²) >= 11 is 6.08. The van der Waals surface area contributed by atoms with E-state index in [2.05, 4.69) is 35.3 Å². The van der Waals surface area contributed by atoms with E-state index < -0.39 is 17.6 Å². The number of aromatic amines is 3. The lowest BCUT2D eigenvalue weighted by atomic mass is 10.1. The van der Waals surface area contributed by atoms with Gasteiger partial charge in [-0.3, -0.25) is 24.9 Å². The summed E-state index contributed by atoms with van der Waals surface area (Å²) in [7, 11) is 1.34. The van der Waals surface area contributed by atoms with Gasteiger partial charge in [-0.15, -0.1) is 0 Å². The van der Waals surface area contributed by atoms with Gasteiger partial charge in [0.05, 0.1) is 54.6 Å². The standard InChI is InChI=1S/C17H21FN2O2.C16H19ClN2O3.C16H19FN2O2.CH4/c1-11-15(12(2)20-19-11)6-4-5-9-22-17-10-14(13(3)21)7-8-16(17)18;1-10-13(11(2)19-18-10)5-4-8-22-15-9-12(16(20)21-3)6-7-14(15)17;1-10-14(11(2)19-18-10)5-4-8-21-16-7-6-13(12(3)20)9-15(16)17;/h7-8,10H,4-6,9H2,1-3H3,(H,19,20);6-7,9H,4-5,8H2,1-3H3,(H,18,19);6-7,9H,4-5,8H2,1-3H3,(H,18,19);1H4. The van der Waals surface area contributed by atoms with Crippen LogP contribution in [0.1, 0.15) is 129 Å². The molecule has 3 N–H and O–H groups in total. The Morgan fingerprint density at radius 3 is 1.44 bits per heavy atom. The number of aryl methyl sites for hydroxylation is 6. The van der Waals surface area contributed by atoms with Gasteiger partial charge in [0, 0.05) is 28.2 Å². The van der Waals surface area contributed by atoms with Crippen LogP contribution in [0.15, 0.2) is 54.6 Å². The second kappa shape index (κ2) is 26.6. The molecule has 0 aliphatic rings. The number of carbonyl (C=O) groups excluding carboxylic acids is 3. The SMILES string of the molecule is C.CC(=O)c1ccc(F)c(OCCCCc2c(C)n[nH]c2C)c1.CC(=O)c1ccc(OCCCc2c(C)n[nH]c2C)c(F)c1.COC(=O)c1ccc(Cl)c(OCCCc2c(C)n[nH]c2C)c1. The van der Waals surface area contributed by atoms with E-state index >= 15 is 0 Å². The first-order valence-electron chi connectivity index (χ1n) is 21.4. The summed E-state index contributed by atoms with van der Waals surface area (Å²) in [6.45, 7) is 16.1. The molecule has 3 heterocycles. The molecule has 13 nitrogen and oxygen atoms in total. The van der Waals surface area contributed by atoms with Crippen LogP contribution in [0.25, 0.3) is 0 Å². The zero-order valence-electron chi connectivity index (χ0n) is 38.6. The van der Waals surface area contributed by atoms with E-state index in [9.17, 15) is 23.2 Å². The number of ether oxygens (including phenoxy) is 4. The van der Waals surface area contributed by atoms with Gasteiger partial charge in [0.25, 0.3) is 0 Å². The number of unbranched alkanes of at least 4 members (excludes halogenated alkanes) is 1. The van der Waals surface area contributed by atoms with Gasteiger partial charge < -0.3 is 18.9 Å². The molecule has 0 aliphatic heterocycles. The van der Waals surface area contributed by atoms with Crippen molar-refractivity contribution in [1.29, 1.82) is 0 Å². The highest BCUT2D eigenvalue weighted by atomic mass is 35.5. The van der Waals surface area contributed by atoms with E-state index in [1.165, 1.54) is 68.0 Å². The van der Waals surface area contributed by atoms with Crippen LogP contribution in [0.2, 0.25) is 5.02 Å². The Hall–Kier alpha value is -6.35. The summed E-state index contributed by atoms with van der Waals surface area (Å²) < 4.78 is 48.6. The van der Waals surface area contributed by atoms with Crippen molar-refractivity contribution >= 4 is 29.1 Å². The number of rotatable bonds is 19. The van der Waals surface area contributed by atoms with Crippen molar-refractivity contribution in [2.45, 2.75) is 108 Å². The third kappa shape index (κ3) is 16.0. The van der Waals surface area contributed by atoms with Crippen LogP contribution >= 0.6 is 11.6 Å². The number of nitrogens with one attached hydrogen (secondary N) is 3. The Labute approximate surface area is 391 Å². The van der Waals surface area contributed by atoms with Crippen molar-refractivity contribution in [3.63, 3.8) is 0 Å². The number of hydrogen-bond donors (Lipinski definition) is 3. The Kier molecular flexibility index (Phi) is 21.7. The molecule has 6 rings (SSSR count). The van der Waals surface area contributed by atoms with Gasteiger partial charge in [0.2, 0.25) is 0 Å². The molecular formula is C50H63ClF2N6O7. The van der Waals surface area contributed by atoms with Crippen molar-refractivity contribution in [2.75, 3.05) is 26.9 Å². The Balaban J connectivity index is 0.000000261. The van der Waals surface area contributed by atoms with Gasteiger partial charge in [-0.05, 0) is 172 Å². The van der Waals surface area contributed by atoms with Crippen molar-refractivity contribution in [2.24, 2.45) is 0 Å². The Morgan fingerprint density at radius 1 is 0.545 bits per heavy atom. The number of halogens is 3. The number of hydrogen-bond acceptors (Lipinski definition) is 10. The molecule has 0 aliphatic carbocycles. The molecule has 16 heteroatoms. The fraction of sp³-hybridized carbons (Fsp3) is 0.400. The molecule has 0 atom stereocenters. The smallest absolute Gasteiger partial charge is 0.337 e. The molecule has 0 saturated carbocycles. The number of H-pyrrole nitrogens is 3. The predicted molar refractivity (Wildman–Crippen MR) is 253 cm³/mol. The van der Waals surface area contributed by atoms with Crippen LogP contribution in [-0.4, -0.2) is 75.1 Å². The first-order valence-corrected chi connectivity index (χ1v) is 21.8. The van der Waals surface area contributed by atoms with Crippen LogP contribution < -0.4 is 14.2 Å². The molecule has 0 saturated heterocycles. The highest BCUT2D eigenvalue weighted by molar-refractivity contribution is 6.32. The quantitative estimate of drug-likeness (QED) is 0.0403. The number of aromatic nitrogens is 6. The topological polar surface area (TPSA) is 174 Å². The zero-order valence-corrected chi connectivity index (χ0v) is 39.4. The maximum atomic E-state index is 13.7. The predicted octanol–water partition coefficient (Wildman–Crippen LogP) is 11.3. The number of Topliss-reactive ketones (excluding diaryl/α,β-unsaturated/α-hetero) is 2. The minimum Gasteiger partial charge on any atom is -0.492 e. The summed E-state index contributed by atoms with van der Waals surface area (Å²) in [5.74, 6) is -0.799. The fourth-order valence-corrected chi connectivity index (χ4v) is 6.98. The second-order valence-electron chi connectivity index (χ2n) is 15.5. The van der Waals surface area contributed by atoms with Crippen molar-refractivity contribution in [1.82, 2.24) is 30.6 Å². The average Bonchev–Trinajstić information content (AvgIpc) is 3.91. The van der Waals surface area contributed by atoms with E-state index in [0.29, 0.717) is 47.3 Å². The van der Waals surface area contributed by atoms with Crippen molar-refractivity contribution in [3.8, 4) is 17.2 Å². The number of carbonyl (C=O) groups is 3. The van der Waals surface area contributed by atoms with E-state index in [-0.39, 0.29) is 30.5 Å². The molecule has 0 unspecified atom stereocenters. The molecule has 0 bridgehead atoms. The number of ketones is 2. The number of methoxy groups -OCH3 is 1. The molecule has 3 aromatic carbocycles. The van der Waals surface area contributed by atoms with E-state index in [1.54, 1.807) is 24.3 Å². The lowest BCUT2D eigenvalue weighted by Gasteiger charge is -2.09. The van der Waals surface area contributed by atoms with Crippen LogP contribution in [0.3, 0.4) is 0 Å². The normalized spacial score (nSPS) is 10.5. The van der Waals surface area contributed by atoms with E-state index in [4.69, 9.17) is 25.8 Å². The molecule has 66 heavy (non-hydrogen) atoms. The summed E-state index contributed by atoms with van der Waals surface area (Å²) in [6.07, 6.45) is 6.00. The van der Waals surface area contributed by atoms with Crippen LogP contribution in [-0.2, 0) is 24.0 Å². The summed E-state index contributed by atoms with van der Waals surface area (Å²) in [4.78, 5) is 33.9. The number of benzene rings is 3. The monoisotopic (exact) mass is 932 g/mol. The van der Waals surface area contributed by atoms with Crippen LogP contribution in [0.4, 0.5) is 8.78 Å². The highest BCUT2D eigenvalue weighted by Crippen LogP contribution is 2.27. The minimum absolute atomic E-state index is 0. The van der Waals surface area contributed by atoms with Gasteiger partial charge in [-0.1, -0.05) is 19.0 Å². The highest BCUT2D eigenvalue weighted by Gasteiger charge is 2.13. The molecule has 0 amide bonds. The molecule has 0 spiro atoms. The number of esters is 1. The Morgan fingerprint density at radius 2 is 0.970 bits per heavy atom. The first-order chi connectivity index (χ1) is 31.0. The van der Waals surface area contributed by atoms with Gasteiger partial charge in [0.1, 0.15) is 5.75 Å². The molecular weight excluding hydrogens is 870 g/mol. The van der Waals surface area contributed by atoms with Gasteiger partial charge in [0.15, 0.2) is 34.7 Å². The largest absolute Gasteiger partial charge is 0.492 e. The van der Waals surface area contributed by atoms with E-state index in [1.807, 2.05) is 41.5 Å². The Bertz CT molecular complexity index is 2470. The molecule has 356 valence electrons. The fourth-order valence-electron chi connectivity index (χ4n) is 6.80. The summed E-state index contributed by atoms with van der Waals surface area (Å²) in [5, 5.41) is 21.8. The maximum Gasteiger partial charge on any atom is 0.337 e. The maximum absolute atomic E-state index is 13.7. The van der Waals surface area contributed by atoms with Gasteiger partial charge in [-0.2, -0.15) is 15.3 Å². The second-order valence-corrected chi connectivity index (χ2v) is 15.9. The molecule has 0 radical (unpaired) electrons. The summed E-state index contributed by atoms with van der Waals surface area (Å²) in [5.41, 5.74) is 11.2. The molecule has 6 aromatic rings. The third-order valence-corrected chi connectivity index (χ3v) is 10.9. The van der Waals surface area contributed by atoms with Crippen molar-refractivity contribution < 1.29 is 42.1 Å². The minimum atomic E-state index is -0.502. The van der Waals surface area contributed by atoms with Crippen molar-refractivity contribution in [3.05, 3.63) is 139 Å². The van der Waals surface area contributed by atoms with Crippen LogP contribution in [0, 0.1) is 53.2 Å². The molecule has 3 aromatic heterocycles. The molecule has 0 fully saturated rings. The lowest BCUT2D eigenvalue weighted by molar-refractivity contribution is 0.0600. The summed E-state index contributed by atoms with van der Waals surface area (Å²) in [6, 6.07) is 13.3. The van der Waals surface area contributed by atoms with E-state index in [0.717, 1.165) is 79.1 Å². The van der Waals surface area contributed by atoms with Gasteiger partial charge in [-0.25, -0.2) is 13.6 Å². The lowest BCUT2D eigenvalue weighted by Crippen LogP contribution is -2.04. The van der Waals surface area contributed by atoms with Crippen LogP contribution in [0.5, 0.6) is 17.2 Å². The van der Waals surface area contributed by atoms with Gasteiger partial charge >= 0.3 is 5.97 Å².